The number of nitro groups is 1. The molecule has 0 radical (unpaired) electrons. The molecule has 1 aromatic heterocycles. The Hall–Kier alpha value is -2.63. The van der Waals surface area contributed by atoms with Gasteiger partial charge in [0.25, 0.3) is 0 Å². The monoisotopic (exact) mass is 287 g/mol. The number of imidazole rings is 1. The van der Waals surface area contributed by atoms with Crippen LogP contribution >= 0.6 is 0 Å². The normalized spacial score (nSPS) is 11.0. The molecular formula is C15H17N3O3. The molecule has 0 amide bonds. The fourth-order valence-corrected chi connectivity index (χ4v) is 2.00. The Morgan fingerprint density at radius 1 is 1.33 bits per heavy atom. The molecule has 0 aliphatic heterocycles. The molecule has 0 N–H and O–H groups in total. The molecule has 0 aliphatic carbocycles. The number of hydrogen-bond acceptors (Lipinski definition) is 4. The Balaban J connectivity index is 2.25. The molecule has 1 heterocycles. The SMILES string of the molecule is CCCn1c([N+](=O)[O-])cnc1C=Cc1ccc(OC)cc1. The molecule has 110 valence electrons. The summed E-state index contributed by atoms with van der Waals surface area (Å²) in [4.78, 5) is 14.7. The van der Waals surface area contributed by atoms with Crippen molar-refractivity contribution in [1.82, 2.24) is 9.55 Å². The second kappa shape index (κ2) is 6.69. The van der Waals surface area contributed by atoms with Crippen molar-refractivity contribution >= 4 is 18.0 Å². The molecule has 0 spiro atoms. The number of nitrogens with zero attached hydrogens (tertiary/aromatic N) is 3. The summed E-state index contributed by atoms with van der Waals surface area (Å²) in [6.45, 7) is 2.54. The van der Waals surface area contributed by atoms with E-state index in [1.54, 1.807) is 17.8 Å². The predicted molar refractivity (Wildman–Crippen MR) is 81.1 cm³/mol. The largest absolute Gasteiger partial charge is 0.497 e. The van der Waals surface area contributed by atoms with Crippen molar-refractivity contribution in [2.45, 2.75) is 19.9 Å². The zero-order chi connectivity index (χ0) is 15.2. The van der Waals surface area contributed by atoms with Crippen LogP contribution in [0.5, 0.6) is 5.75 Å². The molecule has 2 rings (SSSR count). The van der Waals surface area contributed by atoms with Crippen molar-refractivity contribution < 1.29 is 9.66 Å². The third kappa shape index (κ3) is 3.47. The number of ether oxygens (including phenoxy) is 1. The van der Waals surface area contributed by atoms with Crippen LogP contribution in [-0.2, 0) is 6.54 Å². The van der Waals surface area contributed by atoms with E-state index in [-0.39, 0.29) is 5.82 Å². The van der Waals surface area contributed by atoms with Crippen LogP contribution in [0.3, 0.4) is 0 Å². The van der Waals surface area contributed by atoms with E-state index in [2.05, 4.69) is 4.98 Å². The van der Waals surface area contributed by atoms with Crippen molar-refractivity contribution in [3.63, 3.8) is 0 Å². The maximum atomic E-state index is 11.0. The maximum Gasteiger partial charge on any atom is 0.343 e. The zero-order valence-corrected chi connectivity index (χ0v) is 12.0. The Labute approximate surface area is 122 Å². The van der Waals surface area contributed by atoms with Gasteiger partial charge in [-0.1, -0.05) is 19.1 Å². The summed E-state index contributed by atoms with van der Waals surface area (Å²) in [5.74, 6) is 1.39. The molecule has 0 bridgehead atoms. The molecule has 0 saturated heterocycles. The number of hydrogen-bond donors (Lipinski definition) is 0. The number of benzene rings is 1. The molecule has 21 heavy (non-hydrogen) atoms. The van der Waals surface area contributed by atoms with Crippen LogP contribution in [-0.4, -0.2) is 21.6 Å². The van der Waals surface area contributed by atoms with E-state index in [1.165, 1.54) is 6.20 Å². The molecule has 6 heteroatoms. The van der Waals surface area contributed by atoms with E-state index in [0.717, 1.165) is 17.7 Å². The highest BCUT2D eigenvalue weighted by Gasteiger charge is 2.17. The van der Waals surface area contributed by atoms with E-state index in [4.69, 9.17) is 4.74 Å². The lowest BCUT2D eigenvalue weighted by molar-refractivity contribution is -0.392. The highest BCUT2D eigenvalue weighted by atomic mass is 16.6. The molecule has 2 aromatic rings. The third-order valence-electron chi connectivity index (χ3n) is 3.04. The lowest BCUT2D eigenvalue weighted by Gasteiger charge is -2.01. The summed E-state index contributed by atoms with van der Waals surface area (Å²) in [5, 5.41) is 11.0. The average Bonchev–Trinajstić information content (AvgIpc) is 2.89. The van der Waals surface area contributed by atoms with Gasteiger partial charge in [-0.3, -0.25) is 0 Å². The number of aromatic nitrogens is 2. The average molecular weight is 287 g/mol. The van der Waals surface area contributed by atoms with Crippen LogP contribution < -0.4 is 4.74 Å². The van der Waals surface area contributed by atoms with E-state index in [9.17, 15) is 10.1 Å². The molecule has 1 aromatic carbocycles. The van der Waals surface area contributed by atoms with Crippen LogP contribution in [0, 0.1) is 10.1 Å². The fourth-order valence-electron chi connectivity index (χ4n) is 2.00. The summed E-state index contributed by atoms with van der Waals surface area (Å²) in [6, 6.07) is 7.55. The predicted octanol–water partition coefficient (Wildman–Crippen LogP) is 3.38. The van der Waals surface area contributed by atoms with Gasteiger partial charge in [0.15, 0.2) is 0 Å². The van der Waals surface area contributed by atoms with Crippen molar-refractivity contribution in [3.8, 4) is 5.75 Å². The summed E-state index contributed by atoms with van der Waals surface area (Å²) in [5.41, 5.74) is 0.976. The van der Waals surface area contributed by atoms with Crippen LogP contribution in [0.2, 0.25) is 0 Å². The fraction of sp³-hybridized carbons (Fsp3) is 0.267. The van der Waals surface area contributed by atoms with E-state index in [0.29, 0.717) is 12.4 Å². The Morgan fingerprint density at radius 2 is 2.05 bits per heavy atom. The first-order valence-electron chi connectivity index (χ1n) is 6.67. The van der Waals surface area contributed by atoms with Crippen molar-refractivity contribution in [2.24, 2.45) is 0 Å². The quantitative estimate of drug-likeness (QED) is 0.603. The first-order chi connectivity index (χ1) is 10.2. The molecule has 6 nitrogen and oxygen atoms in total. The molecule has 0 atom stereocenters. The van der Waals surface area contributed by atoms with E-state index >= 15 is 0 Å². The van der Waals surface area contributed by atoms with Gasteiger partial charge >= 0.3 is 5.82 Å². The standard InChI is InChI=1S/C15H17N3O3/c1-3-10-17-14(16-11-15(17)18(19)20)9-6-12-4-7-13(21-2)8-5-12/h4-9,11H,3,10H2,1-2H3. The van der Waals surface area contributed by atoms with E-state index in [1.807, 2.05) is 37.3 Å². The van der Waals surface area contributed by atoms with Crippen molar-refractivity contribution in [2.75, 3.05) is 7.11 Å². The van der Waals surface area contributed by atoms with Gasteiger partial charge < -0.3 is 14.9 Å². The summed E-state index contributed by atoms with van der Waals surface area (Å²) in [7, 11) is 1.62. The van der Waals surface area contributed by atoms with Gasteiger partial charge in [0.05, 0.1) is 13.7 Å². The summed E-state index contributed by atoms with van der Waals surface area (Å²) < 4.78 is 6.71. The highest BCUT2D eigenvalue weighted by molar-refractivity contribution is 5.67. The zero-order valence-electron chi connectivity index (χ0n) is 12.0. The lowest BCUT2D eigenvalue weighted by atomic mass is 10.2. The van der Waals surface area contributed by atoms with Gasteiger partial charge in [-0.05, 0) is 35.1 Å². The molecule has 0 unspecified atom stereocenters. The van der Waals surface area contributed by atoms with E-state index < -0.39 is 4.92 Å². The van der Waals surface area contributed by atoms with Gasteiger partial charge in [0.2, 0.25) is 5.82 Å². The van der Waals surface area contributed by atoms with Crippen molar-refractivity contribution in [1.29, 1.82) is 0 Å². The van der Waals surface area contributed by atoms with Gasteiger partial charge in [-0.25, -0.2) is 9.55 Å². The third-order valence-corrected chi connectivity index (χ3v) is 3.04. The van der Waals surface area contributed by atoms with Gasteiger partial charge in [0.1, 0.15) is 11.9 Å². The summed E-state index contributed by atoms with van der Waals surface area (Å²) >= 11 is 0. The number of methoxy groups -OCH3 is 1. The maximum absolute atomic E-state index is 11.0. The van der Waals surface area contributed by atoms with Crippen LogP contribution in [0.25, 0.3) is 12.2 Å². The Bertz CT molecular complexity index is 645. The minimum absolute atomic E-state index is 0.0197. The van der Waals surface area contributed by atoms with Gasteiger partial charge in [-0.2, -0.15) is 0 Å². The van der Waals surface area contributed by atoms with Crippen LogP contribution in [0.4, 0.5) is 5.82 Å². The van der Waals surface area contributed by atoms with Crippen LogP contribution in [0.1, 0.15) is 24.7 Å². The summed E-state index contributed by atoms with van der Waals surface area (Å²) in [6.07, 6.45) is 5.76. The van der Waals surface area contributed by atoms with Gasteiger partial charge in [0, 0.05) is 6.08 Å². The molecular weight excluding hydrogens is 270 g/mol. The van der Waals surface area contributed by atoms with Gasteiger partial charge in [-0.15, -0.1) is 0 Å². The van der Waals surface area contributed by atoms with Crippen molar-refractivity contribution in [3.05, 3.63) is 52.0 Å². The second-order valence-electron chi connectivity index (χ2n) is 4.49. The Morgan fingerprint density at radius 3 is 2.62 bits per heavy atom. The van der Waals surface area contributed by atoms with Crippen LogP contribution in [0.15, 0.2) is 30.5 Å². The lowest BCUT2D eigenvalue weighted by Crippen LogP contribution is -2.04. The first kappa shape index (κ1) is 14.8. The highest BCUT2D eigenvalue weighted by Crippen LogP contribution is 2.18. The molecule has 0 saturated carbocycles. The first-order valence-corrected chi connectivity index (χ1v) is 6.67. The minimum atomic E-state index is -0.409. The Kier molecular flexibility index (Phi) is 4.71. The minimum Gasteiger partial charge on any atom is -0.497 e. The smallest absolute Gasteiger partial charge is 0.343 e. The number of rotatable bonds is 6. The molecule has 0 aliphatic rings. The molecule has 0 fully saturated rings. The second-order valence-corrected chi connectivity index (χ2v) is 4.49. The topological polar surface area (TPSA) is 70.2 Å².